The molecule has 3 aromatic rings. The molecule has 2 heterocycles. The summed E-state index contributed by atoms with van der Waals surface area (Å²) in [4.78, 5) is 18.7. The SMILES string of the molecule is Cc1cnc(C2CN(C(=O)NCc3ccc(F)cc3)C2)n1Cc1ccccc1. The molecule has 144 valence electrons. The zero-order valence-electron chi connectivity index (χ0n) is 15.8. The third-order valence-electron chi connectivity index (χ3n) is 5.16. The molecule has 1 saturated heterocycles. The number of urea groups is 1. The number of aromatic nitrogens is 2. The van der Waals surface area contributed by atoms with E-state index in [-0.39, 0.29) is 17.8 Å². The number of carbonyl (C=O) groups excluding carboxylic acids is 1. The number of rotatable bonds is 5. The Morgan fingerprint density at radius 1 is 1.11 bits per heavy atom. The van der Waals surface area contributed by atoms with Crippen LogP contribution in [0.4, 0.5) is 9.18 Å². The number of benzene rings is 2. The van der Waals surface area contributed by atoms with E-state index in [0.29, 0.717) is 19.6 Å². The van der Waals surface area contributed by atoms with Gasteiger partial charge in [-0.2, -0.15) is 0 Å². The summed E-state index contributed by atoms with van der Waals surface area (Å²) in [6, 6.07) is 16.4. The van der Waals surface area contributed by atoms with Crippen molar-refractivity contribution in [3.05, 3.63) is 89.3 Å². The van der Waals surface area contributed by atoms with Gasteiger partial charge in [-0.3, -0.25) is 0 Å². The fourth-order valence-electron chi connectivity index (χ4n) is 3.48. The Balaban J connectivity index is 1.33. The molecule has 1 N–H and O–H groups in total. The van der Waals surface area contributed by atoms with E-state index in [4.69, 9.17) is 0 Å². The lowest BCUT2D eigenvalue weighted by molar-refractivity contribution is 0.147. The van der Waals surface area contributed by atoms with Gasteiger partial charge in [0.25, 0.3) is 0 Å². The standard InChI is InChI=1S/C22H23FN4O/c1-16-11-24-21(27(16)13-18-5-3-2-4-6-18)19-14-26(15-19)22(28)25-12-17-7-9-20(23)10-8-17/h2-11,19H,12-15H2,1H3,(H,25,28). The van der Waals surface area contributed by atoms with Crippen LogP contribution in [0.25, 0.3) is 0 Å². The van der Waals surface area contributed by atoms with E-state index >= 15 is 0 Å². The number of halogens is 1. The maximum absolute atomic E-state index is 13.0. The molecule has 0 bridgehead atoms. The second-order valence-corrected chi connectivity index (χ2v) is 7.22. The molecule has 6 heteroatoms. The second kappa shape index (κ2) is 7.84. The maximum atomic E-state index is 13.0. The molecule has 1 fully saturated rings. The zero-order chi connectivity index (χ0) is 19.5. The number of nitrogens with one attached hydrogen (secondary N) is 1. The minimum Gasteiger partial charge on any atom is -0.334 e. The summed E-state index contributed by atoms with van der Waals surface area (Å²) < 4.78 is 15.2. The Bertz CT molecular complexity index is 946. The van der Waals surface area contributed by atoms with Crippen molar-refractivity contribution in [2.75, 3.05) is 13.1 Å². The number of nitrogens with zero attached hydrogens (tertiary/aromatic N) is 3. The van der Waals surface area contributed by atoms with Crippen LogP contribution in [0.15, 0.2) is 60.8 Å². The Morgan fingerprint density at radius 2 is 1.82 bits per heavy atom. The average molecular weight is 378 g/mol. The molecule has 0 atom stereocenters. The summed E-state index contributed by atoms with van der Waals surface area (Å²) in [6.07, 6.45) is 1.90. The number of likely N-dealkylation sites (tertiary alicyclic amines) is 1. The van der Waals surface area contributed by atoms with Crippen molar-refractivity contribution in [3.8, 4) is 0 Å². The molecule has 1 aromatic heterocycles. The molecule has 2 aromatic carbocycles. The first-order chi connectivity index (χ1) is 13.6. The number of carbonyl (C=O) groups is 1. The maximum Gasteiger partial charge on any atom is 0.317 e. The Labute approximate surface area is 163 Å². The minimum atomic E-state index is -0.276. The third kappa shape index (κ3) is 3.91. The second-order valence-electron chi connectivity index (χ2n) is 7.22. The van der Waals surface area contributed by atoms with Crippen molar-refractivity contribution >= 4 is 6.03 Å². The molecular formula is C22H23FN4O. The van der Waals surface area contributed by atoms with Crippen LogP contribution in [-0.4, -0.2) is 33.6 Å². The van der Waals surface area contributed by atoms with Gasteiger partial charge in [0, 0.05) is 38.1 Å². The summed E-state index contributed by atoms with van der Waals surface area (Å²) in [5, 5.41) is 2.89. The number of aryl methyl sites for hydroxylation is 1. The highest BCUT2D eigenvalue weighted by atomic mass is 19.1. The fraction of sp³-hybridized carbons (Fsp3) is 0.273. The van der Waals surface area contributed by atoms with Gasteiger partial charge in [0.2, 0.25) is 0 Å². The summed E-state index contributed by atoms with van der Waals surface area (Å²) in [5.41, 5.74) is 3.23. The van der Waals surface area contributed by atoms with E-state index in [1.807, 2.05) is 24.4 Å². The van der Waals surface area contributed by atoms with Crippen molar-refractivity contribution in [3.63, 3.8) is 0 Å². The van der Waals surface area contributed by atoms with Crippen molar-refractivity contribution in [1.82, 2.24) is 19.8 Å². The van der Waals surface area contributed by atoms with Crippen LogP contribution in [0.2, 0.25) is 0 Å². The fourth-order valence-corrected chi connectivity index (χ4v) is 3.48. The molecule has 0 spiro atoms. The number of amides is 2. The van der Waals surface area contributed by atoms with Gasteiger partial charge in [0.05, 0.1) is 5.92 Å². The predicted octanol–water partition coefficient (Wildman–Crippen LogP) is 3.69. The van der Waals surface area contributed by atoms with E-state index < -0.39 is 0 Å². The lowest BCUT2D eigenvalue weighted by Gasteiger charge is -2.39. The van der Waals surface area contributed by atoms with Crippen LogP contribution in [0.5, 0.6) is 0 Å². The minimum absolute atomic E-state index is 0.0986. The first-order valence-electron chi connectivity index (χ1n) is 9.43. The van der Waals surface area contributed by atoms with Gasteiger partial charge in [0.15, 0.2) is 0 Å². The van der Waals surface area contributed by atoms with Gasteiger partial charge < -0.3 is 14.8 Å². The van der Waals surface area contributed by atoms with Gasteiger partial charge >= 0.3 is 6.03 Å². The molecule has 0 radical (unpaired) electrons. The van der Waals surface area contributed by atoms with Crippen LogP contribution >= 0.6 is 0 Å². The lowest BCUT2D eigenvalue weighted by atomic mass is 9.99. The molecule has 4 rings (SSSR count). The monoisotopic (exact) mass is 378 g/mol. The Morgan fingerprint density at radius 3 is 2.54 bits per heavy atom. The number of hydrogen-bond donors (Lipinski definition) is 1. The summed E-state index contributed by atoms with van der Waals surface area (Å²) in [5.74, 6) is 1.000. The molecule has 2 amide bonds. The average Bonchev–Trinajstić information content (AvgIpc) is 3.01. The van der Waals surface area contributed by atoms with Crippen molar-refractivity contribution in [1.29, 1.82) is 0 Å². The van der Waals surface area contributed by atoms with Crippen LogP contribution < -0.4 is 5.32 Å². The molecule has 1 aliphatic rings. The van der Waals surface area contributed by atoms with E-state index in [1.165, 1.54) is 17.7 Å². The molecular weight excluding hydrogens is 355 g/mol. The molecule has 28 heavy (non-hydrogen) atoms. The smallest absolute Gasteiger partial charge is 0.317 e. The normalized spacial score (nSPS) is 14.0. The van der Waals surface area contributed by atoms with Crippen LogP contribution in [-0.2, 0) is 13.1 Å². The lowest BCUT2D eigenvalue weighted by Crippen LogP contribution is -2.53. The summed E-state index contributed by atoms with van der Waals surface area (Å²) >= 11 is 0. The summed E-state index contributed by atoms with van der Waals surface area (Å²) in [7, 11) is 0. The zero-order valence-corrected chi connectivity index (χ0v) is 15.8. The quantitative estimate of drug-likeness (QED) is 0.736. The number of hydrogen-bond acceptors (Lipinski definition) is 2. The highest BCUT2D eigenvalue weighted by molar-refractivity contribution is 5.75. The topological polar surface area (TPSA) is 50.2 Å². The predicted molar refractivity (Wildman–Crippen MR) is 105 cm³/mol. The van der Waals surface area contributed by atoms with Crippen LogP contribution in [0.1, 0.15) is 28.6 Å². The van der Waals surface area contributed by atoms with E-state index in [9.17, 15) is 9.18 Å². The van der Waals surface area contributed by atoms with E-state index in [2.05, 4.69) is 33.9 Å². The van der Waals surface area contributed by atoms with Gasteiger partial charge in [-0.15, -0.1) is 0 Å². The molecule has 1 aliphatic heterocycles. The first-order valence-corrected chi connectivity index (χ1v) is 9.43. The highest BCUT2D eigenvalue weighted by Crippen LogP contribution is 2.27. The van der Waals surface area contributed by atoms with E-state index in [0.717, 1.165) is 23.6 Å². The largest absolute Gasteiger partial charge is 0.334 e. The van der Waals surface area contributed by atoms with Crippen molar-refractivity contribution < 1.29 is 9.18 Å². The molecule has 0 aliphatic carbocycles. The molecule has 0 unspecified atom stereocenters. The number of imidazole rings is 1. The van der Waals surface area contributed by atoms with Gasteiger partial charge in [0.1, 0.15) is 11.6 Å². The van der Waals surface area contributed by atoms with Gasteiger partial charge in [-0.25, -0.2) is 14.2 Å². The molecule has 5 nitrogen and oxygen atoms in total. The highest BCUT2D eigenvalue weighted by Gasteiger charge is 2.34. The van der Waals surface area contributed by atoms with Crippen molar-refractivity contribution in [2.45, 2.75) is 25.9 Å². The first kappa shape index (κ1) is 18.2. The Kier molecular flexibility index (Phi) is 5.10. The molecule has 0 saturated carbocycles. The van der Waals surface area contributed by atoms with Crippen LogP contribution in [0.3, 0.4) is 0 Å². The van der Waals surface area contributed by atoms with Crippen molar-refractivity contribution in [2.24, 2.45) is 0 Å². The third-order valence-corrected chi connectivity index (χ3v) is 5.16. The van der Waals surface area contributed by atoms with Crippen LogP contribution in [0, 0.1) is 12.7 Å². The van der Waals surface area contributed by atoms with Gasteiger partial charge in [-0.1, -0.05) is 42.5 Å². The summed E-state index contributed by atoms with van der Waals surface area (Å²) in [6.45, 7) is 4.55. The Hall–Kier alpha value is -3.15. The van der Waals surface area contributed by atoms with E-state index in [1.54, 1.807) is 17.0 Å². The van der Waals surface area contributed by atoms with Gasteiger partial charge in [-0.05, 0) is 30.2 Å².